The Balaban J connectivity index is 2.36. The van der Waals surface area contributed by atoms with E-state index in [2.05, 4.69) is 4.74 Å². The highest BCUT2D eigenvalue weighted by molar-refractivity contribution is 6.21. The molecular formula is C16H16O6. The van der Waals surface area contributed by atoms with E-state index in [4.69, 9.17) is 9.84 Å². The molecule has 0 amide bonds. The Morgan fingerprint density at radius 1 is 1.27 bits per heavy atom. The highest BCUT2D eigenvalue weighted by Crippen LogP contribution is 2.34. The lowest BCUT2D eigenvalue weighted by Gasteiger charge is -2.08. The van der Waals surface area contributed by atoms with Gasteiger partial charge in [-0.05, 0) is 44.0 Å². The summed E-state index contributed by atoms with van der Waals surface area (Å²) in [6.45, 7) is 4.51. The van der Waals surface area contributed by atoms with Crippen LogP contribution in [0.4, 0.5) is 4.79 Å². The monoisotopic (exact) mass is 304 g/mol. The maximum absolute atomic E-state index is 11.5. The van der Waals surface area contributed by atoms with Crippen molar-refractivity contribution in [2.24, 2.45) is 0 Å². The van der Waals surface area contributed by atoms with E-state index < -0.39 is 12.4 Å². The molecule has 0 bridgehead atoms. The van der Waals surface area contributed by atoms with Gasteiger partial charge < -0.3 is 14.6 Å². The zero-order valence-electron chi connectivity index (χ0n) is 12.5. The first kappa shape index (κ1) is 15.8. The summed E-state index contributed by atoms with van der Waals surface area (Å²) in [4.78, 5) is 33.6. The van der Waals surface area contributed by atoms with E-state index in [0.717, 1.165) is 16.7 Å². The maximum Gasteiger partial charge on any atom is 0.508 e. The molecule has 1 aliphatic heterocycles. The number of carbonyl (C=O) groups is 3. The van der Waals surface area contributed by atoms with Crippen LogP contribution in [0.2, 0.25) is 0 Å². The molecule has 2 rings (SSSR count). The predicted molar refractivity (Wildman–Crippen MR) is 77.7 cm³/mol. The first-order valence-corrected chi connectivity index (χ1v) is 6.72. The number of fused-ring (bicyclic) bond motifs is 1. The molecule has 0 radical (unpaired) electrons. The van der Waals surface area contributed by atoms with Crippen LogP contribution in [-0.4, -0.2) is 29.1 Å². The largest absolute Gasteiger partial charge is 0.508 e. The number of ketones is 2. The minimum atomic E-state index is -1.40. The molecule has 1 unspecified atom stereocenters. The van der Waals surface area contributed by atoms with Crippen molar-refractivity contribution >= 4 is 23.8 Å². The van der Waals surface area contributed by atoms with Crippen LogP contribution < -0.4 is 4.74 Å². The van der Waals surface area contributed by atoms with E-state index in [-0.39, 0.29) is 17.1 Å². The fourth-order valence-electron chi connectivity index (χ4n) is 2.41. The zero-order valence-corrected chi connectivity index (χ0v) is 12.5. The molecule has 22 heavy (non-hydrogen) atoms. The van der Waals surface area contributed by atoms with Gasteiger partial charge in [0.25, 0.3) is 6.29 Å². The van der Waals surface area contributed by atoms with E-state index >= 15 is 0 Å². The molecule has 0 saturated heterocycles. The van der Waals surface area contributed by atoms with Crippen molar-refractivity contribution in [2.75, 3.05) is 0 Å². The molecule has 1 aromatic rings. The summed E-state index contributed by atoms with van der Waals surface area (Å²) >= 11 is 0. The molecule has 1 aliphatic rings. The van der Waals surface area contributed by atoms with Crippen molar-refractivity contribution in [3.63, 3.8) is 0 Å². The lowest BCUT2D eigenvalue weighted by atomic mass is 9.96. The number of rotatable bonds is 4. The van der Waals surface area contributed by atoms with Gasteiger partial charge in [0.15, 0.2) is 11.6 Å². The number of benzene rings is 1. The predicted octanol–water partition coefficient (Wildman–Crippen LogP) is 2.51. The molecule has 0 aromatic heterocycles. The van der Waals surface area contributed by atoms with Crippen molar-refractivity contribution < 1.29 is 29.0 Å². The Labute approximate surface area is 127 Å². The Bertz CT molecular complexity index is 670. The summed E-state index contributed by atoms with van der Waals surface area (Å²) < 4.78 is 10.0. The fourth-order valence-corrected chi connectivity index (χ4v) is 2.41. The average Bonchev–Trinajstić information content (AvgIpc) is 2.79. The first-order chi connectivity index (χ1) is 10.3. The highest BCUT2D eigenvalue weighted by Gasteiger charge is 2.28. The van der Waals surface area contributed by atoms with Gasteiger partial charge in [-0.3, -0.25) is 9.59 Å². The topological polar surface area (TPSA) is 89.9 Å². The van der Waals surface area contributed by atoms with Gasteiger partial charge >= 0.3 is 6.16 Å². The first-order valence-electron chi connectivity index (χ1n) is 6.72. The number of ether oxygens (including phenoxy) is 2. The molecule has 6 heteroatoms. The normalized spacial score (nSPS) is 15.5. The van der Waals surface area contributed by atoms with Crippen LogP contribution in [0.15, 0.2) is 17.7 Å². The van der Waals surface area contributed by atoms with E-state index in [0.29, 0.717) is 12.2 Å². The minimum absolute atomic E-state index is 0.125. The molecule has 6 nitrogen and oxygen atoms in total. The standard InChI is InChI=1S/C16H16O6/c1-8-11(6-13(9(2)17)10(3)18)4-5-14-12(8)7-15(21-14)22-16(19)20/h4-6,15H,7H2,1-3H3,(H,19,20). The summed E-state index contributed by atoms with van der Waals surface area (Å²) in [6.07, 6.45) is -0.424. The second-order valence-corrected chi connectivity index (χ2v) is 5.06. The van der Waals surface area contributed by atoms with E-state index in [1.165, 1.54) is 13.8 Å². The summed E-state index contributed by atoms with van der Waals surface area (Å²) in [6, 6.07) is 3.40. The second-order valence-electron chi connectivity index (χ2n) is 5.06. The van der Waals surface area contributed by atoms with Crippen molar-refractivity contribution in [2.45, 2.75) is 33.5 Å². The Morgan fingerprint density at radius 2 is 1.91 bits per heavy atom. The lowest BCUT2D eigenvalue weighted by Crippen LogP contribution is -2.20. The molecule has 0 fully saturated rings. The Kier molecular flexibility index (Phi) is 4.30. The maximum atomic E-state index is 11.5. The third-order valence-corrected chi connectivity index (χ3v) is 3.52. The van der Waals surface area contributed by atoms with Gasteiger partial charge in [-0.15, -0.1) is 0 Å². The molecule has 1 aromatic carbocycles. The molecule has 0 aliphatic carbocycles. The lowest BCUT2D eigenvalue weighted by molar-refractivity contribution is -0.119. The summed E-state index contributed by atoms with van der Waals surface area (Å²) in [5, 5.41) is 8.63. The van der Waals surface area contributed by atoms with Crippen LogP contribution >= 0.6 is 0 Å². The molecule has 1 atom stereocenters. The third kappa shape index (κ3) is 3.16. The number of carbonyl (C=O) groups excluding carboxylic acids is 2. The minimum Gasteiger partial charge on any atom is -0.454 e. The van der Waals surface area contributed by atoms with Crippen LogP contribution in [0.5, 0.6) is 5.75 Å². The smallest absolute Gasteiger partial charge is 0.454 e. The van der Waals surface area contributed by atoms with Gasteiger partial charge in [0, 0.05) is 5.56 Å². The number of Topliss-reactive ketones (excluding diaryl/α,β-unsaturated/α-hetero) is 2. The van der Waals surface area contributed by atoms with Crippen LogP contribution in [0.3, 0.4) is 0 Å². The SMILES string of the molecule is CC(=O)C(=Cc1ccc2c(c1C)CC(OC(=O)O)O2)C(C)=O. The summed E-state index contributed by atoms with van der Waals surface area (Å²) in [7, 11) is 0. The van der Waals surface area contributed by atoms with Gasteiger partial charge in [-0.1, -0.05) is 6.07 Å². The van der Waals surface area contributed by atoms with Crippen molar-refractivity contribution in [1.82, 2.24) is 0 Å². The Hall–Kier alpha value is -2.63. The fraction of sp³-hybridized carbons (Fsp3) is 0.312. The van der Waals surface area contributed by atoms with Gasteiger partial charge in [-0.25, -0.2) is 4.79 Å². The van der Waals surface area contributed by atoms with Crippen LogP contribution in [-0.2, 0) is 20.7 Å². The molecular weight excluding hydrogens is 288 g/mol. The molecule has 116 valence electrons. The number of carboxylic acid groups (broad SMARTS) is 1. The number of hydrogen-bond donors (Lipinski definition) is 1. The molecule has 1 N–H and O–H groups in total. The van der Waals surface area contributed by atoms with Gasteiger partial charge in [0.2, 0.25) is 0 Å². The number of hydrogen-bond acceptors (Lipinski definition) is 5. The van der Waals surface area contributed by atoms with Crippen molar-refractivity contribution in [1.29, 1.82) is 0 Å². The van der Waals surface area contributed by atoms with Crippen molar-refractivity contribution in [3.8, 4) is 5.75 Å². The van der Waals surface area contributed by atoms with Crippen LogP contribution in [0.1, 0.15) is 30.5 Å². The van der Waals surface area contributed by atoms with E-state index in [1.807, 2.05) is 6.92 Å². The molecule has 0 saturated carbocycles. The zero-order chi connectivity index (χ0) is 16.4. The average molecular weight is 304 g/mol. The number of allylic oxidation sites excluding steroid dienone is 1. The summed E-state index contributed by atoms with van der Waals surface area (Å²) in [5.41, 5.74) is 2.49. The second kappa shape index (κ2) is 6.01. The molecule has 0 spiro atoms. The highest BCUT2D eigenvalue weighted by atomic mass is 16.8. The summed E-state index contributed by atoms with van der Waals surface area (Å²) in [5.74, 6) is -0.0421. The quantitative estimate of drug-likeness (QED) is 0.398. The van der Waals surface area contributed by atoms with Gasteiger partial charge in [0.05, 0.1) is 12.0 Å². The van der Waals surface area contributed by atoms with Gasteiger partial charge in [-0.2, -0.15) is 0 Å². The Morgan fingerprint density at radius 3 is 2.45 bits per heavy atom. The third-order valence-electron chi connectivity index (χ3n) is 3.52. The molecule has 1 heterocycles. The van der Waals surface area contributed by atoms with Gasteiger partial charge in [0.1, 0.15) is 5.75 Å². The van der Waals surface area contributed by atoms with Crippen LogP contribution in [0.25, 0.3) is 6.08 Å². The van der Waals surface area contributed by atoms with Crippen LogP contribution in [0, 0.1) is 6.92 Å². The van der Waals surface area contributed by atoms with E-state index in [1.54, 1.807) is 18.2 Å². The van der Waals surface area contributed by atoms with E-state index in [9.17, 15) is 14.4 Å². The van der Waals surface area contributed by atoms with Crippen molar-refractivity contribution in [3.05, 3.63) is 34.4 Å².